The molecule has 0 bridgehead atoms. The highest BCUT2D eigenvalue weighted by molar-refractivity contribution is 6.06. The van der Waals surface area contributed by atoms with E-state index in [0.717, 1.165) is 11.0 Å². The number of H-pyrrole nitrogens is 1. The van der Waals surface area contributed by atoms with Crippen LogP contribution >= 0.6 is 0 Å². The number of Topliss-reactive ketones (excluding diaryl/α,β-unsaturated/α-hetero) is 2. The average molecular weight is 384 g/mol. The van der Waals surface area contributed by atoms with E-state index in [9.17, 15) is 9.59 Å². The van der Waals surface area contributed by atoms with Crippen molar-refractivity contribution in [1.82, 2.24) is 9.97 Å². The molecule has 0 fully saturated rings. The van der Waals surface area contributed by atoms with Gasteiger partial charge in [-0.15, -0.1) is 0 Å². The molecule has 0 saturated carbocycles. The molecule has 4 rings (SSSR count). The van der Waals surface area contributed by atoms with E-state index in [1.165, 1.54) is 0 Å². The van der Waals surface area contributed by atoms with Gasteiger partial charge in [0.1, 0.15) is 11.6 Å². The molecular weight excluding hydrogens is 364 g/mol. The number of benzene rings is 3. The third-order valence-corrected chi connectivity index (χ3v) is 4.91. The molecule has 0 aliphatic heterocycles. The van der Waals surface area contributed by atoms with Gasteiger partial charge >= 0.3 is 0 Å². The van der Waals surface area contributed by atoms with Crippen LogP contribution in [0.4, 0.5) is 0 Å². The molecule has 0 unspecified atom stereocenters. The monoisotopic (exact) mass is 384 g/mol. The number of hydrogen-bond donors (Lipinski definition) is 1. The molecule has 144 valence electrons. The SMILES string of the molecule is COc1ccc(C(=O)[C@@H](CC(=O)c2ccccc2)c2nc3ccccc3[nH]2)cc1. The van der Waals surface area contributed by atoms with Crippen molar-refractivity contribution >= 4 is 22.6 Å². The van der Waals surface area contributed by atoms with Gasteiger partial charge in [0.05, 0.1) is 24.1 Å². The van der Waals surface area contributed by atoms with E-state index in [-0.39, 0.29) is 18.0 Å². The van der Waals surface area contributed by atoms with Crippen molar-refractivity contribution in [1.29, 1.82) is 0 Å². The molecule has 1 atom stereocenters. The lowest BCUT2D eigenvalue weighted by molar-refractivity contribution is 0.0890. The fourth-order valence-corrected chi connectivity index (χ4v) is 3.33. The molecule has 1 aromatic heterocycles. The van der Waals surface area contributed by atoms with Crippen molar-refractivity contribution in [3.8, 4) is 5.75 Å². The second kappa shape index (κ2) is 8.10. The summed E-state index contributed by atoms with van der Waals surface area (Å²) in [4.78, 5) is 34.0. The van der Waals surface area contributed by atoms with E-state index in [1.807, 2.05) is 42.5 Å². The summed E-state index contributed by atoms with van der Waals surface area (Å²) in [5, 5.41) is 0. The zero-order chi connectivity index (χ0) is 20.2. The lowest BCUT2D eigenvalue weighted by Gasteiger charge is -2.14. The number of methoxy groups -OCH3 is 1. The van der Waals surface area contributed by atoms with E-state index < -0.39 is 5.92 Å². The van der Waals surface area contributed by atoms with Gasteiger partial charge in [-0.1, -0.05) is 42.5 Å². The number of para-hydroxylation sites is 2. The summed E-state index contributed by atoms with van der Waals surface area (Å²) >= 11 is 0. The highest BCUT2D eigenvalue weighted by atomic mass is 16.5. The van der Waals surface area contributed by atoms with Crippen molar-refractivity contribution in [3.63, 3.8) is 0 Å². The molecule has 1 heterocycles. The van der Waals surface area contributed by atoms with Gasteiger partial charge in [0.25, 0.3) is 0 Å². The van der Waals surface area contributed by atoms with E-state index in [2.05, 4.69) is 9.97 Å². The van der Waals surface area contributed by atoms with Crippen molar-refractivity contribution in [3.05, 3.63) is 95.8 Å². The van der Waals surface area contributed by atoms with Gasteiger partial charge in [-0.05, 0) is 36.4 Å². The molecule has 0 spiro atoms. The third-order valence-electron chi connectivity index (χ3n) is 4.91. The molecule has 29 heavy (non-hydrogen) atoms. The maximum absolute atomic E-state index is 13.3. The summed E-state index contributed by atoms with van der Waals surface area (Å²) < 4.78 is 5.17. The predicted molar refractivity (Wildman–Crippen MR) is 112 cm³/mol. The Morgan fingerprint density at radius 1 is 0.897 bits per heavy atom. The largest absolute Gasteiger partial charge is 0.497 e. The maximum atomic E-state index is 13.3. The van der Waals surface area contributed by atoms with Crippen molar-refractivity contribution < 1.29 is 14.3 Å². The molecule has 0 aliphatic carbocycles. The Morgan fingerprint density at radius 3 is 2.28 bits per heavy atom. The first-order chi connectivity index (χ1) is 14.2. The van der Waals surface area contributed by atoms with Crippen molar-refractivity contribution in [2.75, 3.05) is 7.11 Å². The molecule has 5 heteroatoms. The summed E-state index contributed by atoms with van der Waals surface area (Å²) in [7, 11) is 1.58. The number of rotatable bonds is 7. The van der Waals surface area contributed by atoms with E-state index in [0.29, 0.717) is 22.7 Å². The second-order valence-corrected chi connectivity index (χ2v) is 6.78. The Labute approximate surface area is 168 Å². The van der Waals surface area contributed by atoms with Crippen LogP contribution in [0.25, 0.3) is 11.0 Å². The van der Waals surface area contributed by atoms with Crippen LogP contribution in [-0.2, 0) is 0 Å². The standard InChI is InChI=1S/C24H20N2O3/c1-29-18-13-11-17(12-14-18)23(28)19(15-22(27)16-7-3-2-4-8-16)24-25-20-9-5-6-10-21(20)26-24/h2-14,19H,15H2,1H3,(H,25,26)/t19-/m1/s1. The van der Waals surface area contributed by atoms with Crippen LogP contribution in [0.3, 0.4) is 0 Å². The Bertz CT molecular complexity index is 1110. The van der Waals surface area contributed by atoms with Crippen LogP contribution < -0.4 is 4.74 Å². The molecule has 4 aromatic rings. The van der Waals surface area contributed by atoms with Crippen LogP contribution in [0.15, 0.2) is 78.9 Å². The average Bonchev–Trinajstić information content (AvgIpc) is 3.21. The molecule has 0 aliphatic rings. The lowest BCUT2D eigenvalue weighted by atomic mass is 9.90. The zero-order valence-electron chi connectivity index (χ0n) is 16.0. The van der Waals surface area contributed by atoms with Gasteiger partial charge < -0.3 is 9.72 Å². The Kier molecular flexibility index (Phi) is 5.20. The highest BCUT2D eigenvalue weighted by Gasteiger charge is 2.28. The molecule has 1 N–H and O–H groups in total. The van der Waals surface area contributed by atoms with Crippen LogP contribution in [-0.4, -0.2) is 28.6 Å². The van der Waals surface area contributed by atoms with Gasteiger partial charge in [-0.3, -0.25) is 9.59 Å². The van der Waals surface area contributed by atoms with Crippen LogP contribution in [0.5, 0.6) is 5.75 Å². The van der Waals surface area contributed by atoms with Crippen LogP contribution in [0.1, 0.15) is 38.9 Å². The lowest BCUT2D eigenvalue weighted by Crippen LogP contribution is -2.18. The maximum Gasteiger partial charge on any atom is 0.173 e. The molecule has 3 aromatic carbocycles. The van der Waals surface area contributed by atoms with Gasteiger partial charge in [0.15, 0.2) is 11.6 Å². The molecule has 0 amide bonds. The molecular formula is C24H20N2O3. The molecule has 0 radical (unpaired) electrons. The minimum Gasteiger partial charge on any atom is -0.497 e. The zero-order valence-corrected chi connectivity index (χ0v) is 16.0. The van der Waals surface area contributed by atoms with E-state index in [1.54, 1.807) is 43.5 Å². The summed E-state index contributed by atoms with van der Waals surface area (Å²) in [5.74, 6) is 0.205. The van der Waals surface area contributed by atoms with Crippen molar-refractivity contribution in [2.45, 2.75) is 12.3 Å². The predicted octanol–water partition coefficient (Wildman–Crippen LogP) is 4.81. The Hall–Kier alpha value is -3.73. The number of nitrogens with zero attached hydrogens (tertiary/aromatic N) is 1. The van der Waals surface area contributed by atoms with Gasteiger partial charge in [0, 0.05) is 17.5 Å². The Balaban J connectivity index is 1.71. The van der Waals surface area contributed by atoms with Crippen molar-refractivity contribution in [2.24, 2.45) is 0 Å². The number of hydrogen-bond acceptors (Lipinski definition) is 4. The minimum absolute atomic E-state index is 0.0364. The molecule has 0 saturated heterocycles. The first-order valence-electron chi connectivity index (χ1n) is 9.37. The number of carbonyl (C=O) groups excluding carboxylic acids is 2. The fraction of sp³-hybridized carbons (Fsp3) is 0.125. The number of fused-ring (bicyclic) bond motifs is 1. The summed E-state index contributed by atoms with van der Waals surface area (Å²) in [6, 6.07) is 23.5. The molecule has 5 nitrogen and oxygen atoms in total. The Morgan fingerprint density at radius 2 is 1.59 bits per heavy atom. The van der Waals surface area contributed by atoms with E-state index >= 15 is 0 Å². The summed E-state index contributed by atoms with van der Waals surface area (Å²) in [6.07, 6.45) is 0.0364. The number of ether oxygens (including phenoxy) is 1. The normalized spacial score (nSPS) is 11.9. The fourth-order valence-electron chi connectivity index (χ4n) is 3.33. The first kappa shape index (κ1) is 18.6. The number of ketones is 2. The number of nitrogens with one attached hydrogen (secondary N) is 1. The number of aromatic nitrogens is 2. The quantitative estimate of drug-likeness (QED) is 0.464. The number of aromatic amines is 1. The topological polar surface area (TPSA) is 72.1 Å². The van der Waals surface area contributed by atoms with Gasteiger partial charge in [0.2, 0.25) is 0 Å². The van der Waals surface area contributed by atoms with Gasteiger partial charge in [-0.2, -0.15) is 0 Å². The second-order valence-electron chi connectivity index (χ2n) is 6.78. The number of imidazole rings is 1. The third kappa shape index (κ3) is 3.94. The smallest absolute Gasteiger partial charge is 0.173 e. The summed E-state index contributed by atoms with van der Waals surface area (Å²) in [5.41, 5.74) is 2.69. The van der Waals surface area contributed by atoms with Gasteiger partial charge in [-0.25, -0.2) is 4.98 Å². The summed E-state index contributed by atoms with van der Waals surface area (Å²) in [6.45, 7) is 0. The highest BCUT2D eigenvalue weighted by Crippen LogP contribution is 2.27. The first-order valence-corrected chi connectivity index (χ1v) is 9.37. The van der Waals surface area contributed by atoms with Crippen LogP contribution in [0.2, 0.25) is 0 Å². The van der Waals surface area contributed by atoms with Crippen LogP contribution in [0, 0.1) is 0 Å². The number of carbonyl (C=O) groups is 2. The minimum atomic E-state index is -0.705. The van der Waals surface area contributed by atoms with E-state index in [4.69, 9.17) is 4.74 Å².